The number of thioether (sulfide) groups is 1. The van der Waals surface area contributed by atoms with E-state index < -0.39 is 0 Å². The van der Waals surface area contributed by atoms with Crippen LogP contribution in [0.4, 0.5) is 0 Å². The van der Waals surface area contributed by atoms with E-state index in [1.54, 1.807) is 0 Å². The van der Waals surface area contributed by atoms with Crippen molar-refractivity contribution >= 4 is 30.1 Å². The Balaban J connectivity index is 0.00000128. The molecule has 1 saturated carbocycles. The first-order valence-corrected chi connectivity index (χ1v) is 6.97. The number of amides is 1. The summed E-state index contributed by atoms with van der Waals surface area (Å²) in [5, 5.41) is 3.70. The van der Waals surface area contributed by atoms with Gasteiger partial charge in [0, 0.05) is 17.8 Å². The lowest BCUT2D eigenvalue weighted by molar-refractivity contribution is -0.125. The van der Waals surface area contributed by atoms with Crippen LogP contribution in [0.2, 0.25) is 0 Å². The van der Waals surface area contributed by atoms with Crippen molar-refractivity contribution in [3.8, 4) is 0 Å². The monoisotopic (exact) mass is 264 g/mol. The lowest BCUT2D eigenvalue weighted by atomic mass is 10.0. The second-order valence-electron chi connectivity index (χ2n) is 4.58. The van der Waals surface area contributed by atoms with Crippen LogP contribution in [0.1, 0.15) is 32.1 Å². The molecule has 0 aromatic rings. The van der Waals surface area contributed by atoms with Gasteiger partial charge in [-0.3, -0.25) is 4.79 Å². The highest BCUT2D eigenvalue weighted by molar-refractivity contribution is 8.00. The molecule has 1 aliphatic heterocycles. The van der Waals surface area contributed by atoms with Crippen molar-refractivity contribution in [3.05, 3.63) is 0 Å². The van der Waals surface area contributed by atoms with Gasteiger partial charge < -0.3 is 11.1 Å². The van der Waals surface area contributed by atoms with Gasteiger partial charge in [-0.25, -0.2) is 0 Å². The van der Waals surface area contributed by atoms with Gasteiger partial charge in [-0.2, -0.15) is 11.8 Å². The van der Waals surface area contributed by atoms with Gasteiger partial charge in [0.1, 0.15) is 0 Å². The highest BCUT2D eigenvalue weighted by Gasteiger charge is 2.30. The van der Waals surface area contributed by atoms with Crippen LogP contribution in [0.3, 0.4) is 0 Å². The SMILES string of the molecule is Cl.NC1CCCC1C(=O)NCC1CCCS1. The van der Waals surface area contributed by atoms with E-state index in [1.165, 1.54) is 18.6 Å². The summed E-state index contributed by atoms with van der Waals surface area (Å²) >= 11 is 1.98. The number of carbonyl (C=O) groups excluding carboxylic acids is 1. The van der Waals surface area contributed by atoms with Crippen LogP contribution in [0, 0.1) is 5.92 Å². The molecule has 2 rings (SSSR count). The van der Waals surface area contributed by atoms with Crippen LogP contribution < -0.4 is 11.1 Å². The Morgan fingerprint density at radius 1 is 1.31 bits per heavy atom. The summed E-state index contributed by atoms with van der Waals surface area (Å²) in [5.74, 6) is 1.52. The standard InChI is InChI=1S/C11H20N2OS.ClH/c12-10-5-1-4-9(10)11(14)13-7-8-3-2-6-15-8;/h8-10H,1-7,12H2,(H,13,14);1H. The smallest absolute Gasteiger partial charge is 0.224 e. The minimum Gasteiger partial charge on any atom is -0.355 e. The van der Waals surface area contributed by atoms with E-state index >= 15 is 0 Å². The Bertz CT molecular complexity index is 234. The topological polar surface area (TPSA) is 55.1 Å². The molecule has 0 aromatic carbocycles. The Morgan fingerprint density at radius 2 is 2.12 bits per heavy atom. The highest BCUT2D eigenvalue weighted by Crippen LogP contribution is 2.26. The number of hydrogen-bond donors (Lipinski definition) is 2. The molecule has 94 valence electrons. The van der Waals surface area contributed by atoms with Crippen LogP contribution >= 0.6 is 24.2 Å². The van der Waals surface area contributed by atoms with Gasteiger partial charge >= 0.3 is 0 Å². The van der Waals surface area contributed by atoms with Gasteiger partial charge in [-0.15, -0.1) is 12.4 Å². The summed E-state index contributed by atoms with van der Waals surface area (Å²) in [6.07, 6.45) is 5.65. The van der Waals surface area contributed by atoms with Gasteiger partial charge in [0.25, 0.3) is 0 Å². The normalized spacial score (nSPS) is 33.4. The summed E-state index contributed by atoms with van der Waals surface area (Å²) in [4.78, 5) is 11.8. The van der Waals surface area contributed by atoms with Gasteiger partial charge in [0.05, 0.1) is 5.92 Å². The molecule has 1 amide bonds. The molecule has 0 bridgehead atoms. The Hall–Kier alpha value is 0.0700. The van der Waals surface area contributed by atoms with Crippen molar-refractivity contribution in [2.24, 2.45) is 11.7 Å². The Morgan fingerprint density at radius 3 is 2.69 bits per heavy atom. The maximum absolute atomic E-state index is 11.8. The Kier molecular flexibility index (Phi) is 5.94. The summed E-state index contributed by atoms with van der Waals surface area (Å²) < 4.78 is 0. The van der Waals surface area contributed by atoms with E-state index in [2.05, 4.69) is 5.32 Å². The molecule has 0 spiro atoms. The molecule has 1 saturated heterocycles. The molecule has 3 nitrogen and oxygen atoms in total. The molecule has 3 unspecified atom stereocenters. The zero-order chi connectivity index (χ0) is 10.7. The van der Waals surface area contributed by atoms with Gasteiger partial charge in [0.15, 0.2) is 0 Å². The second kappa shape index (κ2) is 6.72. The van der Waals surface area contributed by atoms with Gasteiger partial charge in [-0.05, 0) is 31.4 Å². The fourth-order valence-electron chi connectivity index (χ4n) is 2.47. The molecule has 1 aliphatic carbocycles. The molecular formula is C11H21ClN2OS. The number of nitrogens with two attached hydrogens (primary N) is 1. The predicted molar refractivity (Wildman–Crippen MR) is 71.1 cm³/mol. The second-order valence-corrected chi connectivity index (χ2v) is 5.99. The minimum atomic E-state index is 0. The van der Waals surface area contributed by atoms with Crippen molar-refractivity contribution in [2.45, 2.75) is 43.4 Å². The van der Waals surface area contributed by atoms with E-state index in [4.69, 9.17) is 5.73 Å². The van der Waals surface area contributed by atoms with Crippen molar-refractivity contribution in [1.29, 1.82) is 0 Å². The first-order valence-electron chi connectivity index (χ1n) is 5.92. The number of hydrogen-bond acceptors (Lipinski definition) is 3. The molecule has 2 fully saturated rings. The fraction of sp³-hybridized carbons (Fsp3) is 0.909. The van der Waals surface area contributed by atoms with Crippen molar-refractivity contribution in [1.82, 2.24) is 5.32 Å². The summed E-state index contributed by atoms with van der Waals surface area (Å²) in [5.41, 5.74) is 5.90. The van der Waals surface area contributed by atoms with Crippen molar-refractivity contribution in [3.63, 3.8) is 0 Å². The zero-order valence-electron chi connectivity index (χ0n) is 9.48. The number of carbonyl (C=O) groups is 1. The lowest BCUT2D eigenvalue weighted by Gasteiger charge is -2.16. The first-order chi connectivity index (χ1) is 7.27. The number of rotatable bonds is 3. The number of nitrogens with one attached hydrogen (secondary N) is 1. The van der Waals surface area contributed by atoms with E-state index in [9.17, 15) is 4.79 Å². The zero-order valence-corrected chi connectivity index (χ0v) is 11.1. The summed E-state index contributed by atoms with van der Waals surface area (Å²) in [6, 6.07) is 0.0984. The molecule has 3 N–H and O–H groups in total. The van der Waals surface area contributed by atoms with Crippen molar-refractivity contribution < 1.29 is 4.79 Å². The highest BCUT2D eigenvalue weighted by atomic mass is 35.5. The summed E-state index contributed by atoms with van der Waals surface area (Å²) in [7, 11) is 0. The largest absolute Gasteiger partial charge is 0.355 e. The lowest BCUT2D eigenvalue weighted by Crippen LogP contribution is -2.40. The maximum Gasteiger partial charge on any atom is 0.224 e. The predicted octanol–water partition coefficient (Wildman–Crippen LogP) is 1.55. The van der Waals surface area contributed by atoms with Crippen LogP contribution in [0.15, 0.2) is 0 Å². The Labute approximate surface area is 108 Å². The maximum atomic E-state index is 11.8. The molecule has 1 heterocycles. The average molecular weight is 265 g/mol. The molecule has 16 heavy (non-hydrogen) atoms. The molecule has 2 aliphatic rings. The fourth-order valence-corrected chi connectivity index (χ4v) is 3.67. The van der Waals surface area contributed by atoms with E-state index in [0.717, 1.165) is 25.8 Å². The van der Waals surface area contributed by atoms with E-state index in [0.29, 0.717) is 5.25 Å². The molecule has 3 atom stereocenters. The van der Waals surface area contributed by atoms with Gasteiger partial charge in [0.2, 0.25) is 5.91 Å². The molecular weight excluding hydrogens is 244 g/mol. The third-order valence-electron chi connectivity index (χ3n) is 3.43. The van der Waals surface area contributed by atoms with Crippen LogP contribution in [0.5, 0.6) is 0 Å². The van der Waals surface area contributed by atoms with Crippen LogP contribution in [-0.2, 0) is 4.79 Å². The van der Waals surface area contributed by atoms with Gasteiger partial charge in [-0.1, -0.05) is 6.42 Å². The quantitative estimate of drug-likeness (QED) is 0.813. The van der Waals surface area contributed by atoms with Crippen LogP contribution in [-0.4, -0.2) is 29.5 Å². The van der Waals surface area contributed by atoms with Crippen LogP contribution in [0.25, 0.3) is 0 Å². The third kappa shape index (κ3) is 3.54. The molecule has 5 heteroatoms. The molecule has 0 aromatic heterocycles. The van der Waals surface area contributed by atoms with Crippen molar-refractivity contribution in [2.75, 3.05) is 12.3 Å². The first kappa shape index (κ1) is 14.1. The average Bonchev–Trinajstić information content (AvgIpc) is 2.84. The summed E-state index contributed by atoms with van der Waals surface area (Å²) in [6.45, 7) is 0.840. The van der Waals surface area contributed by atoms with E-state index in [-0.39, 0.29) is 30.3 Å². The van der Waals surface area contributed by atoms with E-state index in [1.807, 2.05) is 11.8 Å². The molecule has 0 radical (unpaired) electrons. The number of halogens is 1. The third-order valence-corrected chi connectivity index (χ3v) is 4.83. The minimum absolute atomic E-state index is 0.